The van der Waals surface area contributed by atoms with Gasteiger partial charge in [0.1, 0.15) is 0 Å². The second kappa shape index (κ2) is 7.86. The Morgan fingerprint density at radius 1 is 1.43 bits per heavy atom. The average molecular weight is 290 g/mol. The lowest BCUT2D eigenvalue weighted by Gasteiger charge is -2.13. The molecule has 5 heteroatoms. The van der Waals surface area contributed by atoms with Crippen molar-refractivity contribution in [3.8, 4) is 0 Å². The Morgan fingerprint density at radius 3 is 3.00 bits per heavy atom. The quantitative estimate of drug-likeness (QED) is 0.787. The summed E-state index contributed by atoms with van der Waals surface area (Å²) in [6.45, 7) is 5.83. The third-order valence-electron chi connectivity index (χ3n) is 3.56. The fraction of sp³-hybridized carbons (Fsp3) is 0.625. The van der Waals surface area contributed by atoms with Crippen LogP contribution in [0.25, 0.3) is 0 Å². The van der Waals surface area contributed by atoms with Crippen LogP contribution in [0.1, 0.15) is 46.0 Å². The number of amides is 2. The maximum Gasteiger partial charge on any atom is 0.319 e. The van der Waals surface area contributed by atoms with Crippen LogP contribution < -0.4 is 10.6 Å². The molecule has 1 aliphatic rings. The summed E-state index contributed by atoms with van der Waals surface area (Å²) < 4.78 is 1.85. The Morgan fingerprint density at radius 2 is 2.29 bits per heavy atom. The van der Waals surface area contributed by atoms with Crippen molar-refractivity contribution in [2.45, 2.75) is 52.5 Å². The first-order chi connectivity index (χ1) is 10.1. The van der Waals surface area contributed by atoms with Crippen LogP contribution in [0.3, 0.4) is 0 Å². The lowest BCUT2D eigenvalue weighted by molar-refractivity contribution is 0.252. The molecular weight excluding hydrogens is 264 g/mol. The molecule has 0 bridgehead atoms. The number of carbonyl (C=O) groups is 1. The summed E-state index contributed by atoms with van der Waals surface area (Å²) in [4.78, 5) is 11.8. The first-order valence-corrected chi connectivity index (χ1v) is 7.88. The Hall–Kier alpha value is -1.78. The van der Waals surface area contributed by atoms with Gasteiger partial charge >= 0.3 is 6.03 Å². The van der Waals surface area contributed by atoms with E-state index in [9.17, 15) is 4.79 Å². The molecule has 0 unspecified atom stereocenters. The second-order valence-corrected chi connectivity index (χ2v) is 6.08. The van der Waals surface area contributed by atoms with E-state index in [1.165, 1.54) is 31.3 Å². The number of aromatic nitrogens is 2. The molecular formula is C16H26N4O. The minimum absolute atomic E-state index is 0.157. The molecule has 1 aromatic heterocycles. The Labute approximate surface area is 126 Å². The molecule has 0 atom stereocenters. The summed E-state index contributed by atoms with van der Waals surface area (Å²) in [6.07, 6.45) is 11.8. The molecule has 116 valence electrons. The zero-order valence-electron chi connectivity index (χ0n) is 13.1. The Balaban J connectivity index is 1.69. The third-order valence-corrected chi connectivity index (χ3v) is 3.56. The van der Waals surface area contributed by atoms with E-state index in [2.05, 4.69) is 35.7 Å². The van der Waals surface area contributed by atoms with Gasteiger partial charge in [-0.15, -0.1) is 0 Å². The molecule has 0 aliphatic heterocycles. The number of anilines is 1. The minimum atomic E-state index is -0.157. The zero-order valence-corrected chi connectivity index (χ0v) is 13.1. The van der Waals surface area contributed by atoms with Gasteiger partial charge in [0.15, 0.2) is 0 Å². The van der Waals surface area contributed by atoms with E-state index in [1.54, 1.807) is 6.20 Å². The standard InChI is InChI=1S/C16H26N4O/c1-13(2)11-20-12-15(10-18-20)19-16(21)17-9-8-14-6-4-3-5-7-14/h6,10,12-13H,3-5,7-9,11H2,1-2H3,(H2,17,19,21). The molecule has 21 heavy (non-hydrogen) atoms. The van der Waals surface area contributed by atoms with Crippen molar-refractivity contribution < 1.29 is 4.79 Å². The molecule has 0 saturated heterocycles. The van der Waals surface area contributed by atoms with Crippen molar-refractivity contribution in [1.82, 2.24) is 15.1 Å². The van der Waals surface area contributed by atoms with E-state index >= 15 is 0 Å². The maximum absolute atomic E-state index is 11.8. The van der Waals surface area contributed by atoms with Crippen LogP contribution in [0, 0.1) is 5.92 Å². The molecule has 1 heterocycles. The highest BCUT2D eigenvalue weighted by Gasteiger charge is 2.06. The van der Waals surface area contributed by atoms with Crippen LogP contribution in [-0.4, -0.2) is 22.4 Å². The number of urea groups is 1. The number of hydrogen-bond donors (Lipinski definition) is 2. The smallest absolute Gasteiger partial charge is 0.319 e. The number of rotatable bonds is 6. The zero-order chi connectivity index (χ0) is 15.1. The number of hydrogen-bond acceptors (Lipinski definition) is 2. The number of nitrogens with one attached hydrogen (secondary N) is 2. The summed E-state index contributed by atoms with van der Waals surface area (Å²) in [6, 6.07) is -0.157. The van der Waals surface area contributed by atoms with Crippen molar-refractivity contribution in [2.75, 3.05) is 11.9 Å². The van der Waals surface area contributed by atoms with Crippen LogP contribution in [0.4, 0.5) is 10.5 Å². The van der Waals surface area contributed by atoms with Gasteiger partial charge in [-0.05, 0) is 38.0 Å². The molecule has 1 aromatic rings. The lowest BCUT2D eigenvalue weighted by Crippen LogP contribution is -2.29. The number of allylic oxidation sites excluding steroid dienone is 1. The van der Waals surface area contributed by atoms with Crippen molar-refractivity contribution in [3.63, 3.8) is 0 Å². The van der Waals surface area contributed by atoms with Gasteiger partial charge in [0.25, 0.3) is 0 Å². The van der Waals surface area contributed by atoms with Crippen molar-refractivity contribution >= 4 is 11.7 Å². The lowest BCUT2D eigenvalue weighted by atomic mass is 9.97. The highest BCUT2D eigenvalue weighted by Crippen LogP contribution is 2.19. The molecule has 0 spiro atoms. The normalized spacial score (nSPS) is 14.9. The minimum Gasteiger partial charge on any atom is -0.338 e. The van der Waals surface area contributed by atoms with E-state index in [0.717, 1.165) is 18.7 Å². The SMILES string of the molecule is CC(C)Cn1cc(NC(=O)NCCC2=CCCCC2)cn1. The third kappa shape index (κ3) is 5.61. The van der Waals surface area contributed by atoms with Crippen LogP contribution in [0.15, 0.2) is 24.0 Å². The van der Waals surface area contributed by atoms with Crippen LogP contribution in [0.2, 0.25) is 0 Å². The fourth-order valence-corrected chi connectivity index (χ4v) is 2.55. The van der Waals surface area contributed by atoms with Crippen LogP contribution >= 0.6 is 0 Å². The molecule has 2 rings (SSSR count). The Bertz CT molecular complexity index is 490. The van der Waals surface area contributed by atoms with Crippen molar-refractivity contribution in [1.29, 1.82) is 0 Å². The number of nitrogens with zero attached hydrogens (tertiary/aromatic N) is 2. The summed E-state index contributed by atoms with van der Waals surface area (Å²) in [5.41, 5.74) is 2.22. The monoisotopic (exact) mass is 290 g/mol. The van der Waals surface area contributed by atoms with E-state index in [1.807, 2.05) is 10.9 Å². The molecule has 0 fully saturated rings. The van der Waals surface area contributed by atoms with Gasteiger partial charge in [0.05, 0.1) is 11.9 Å². The molecule has 0 aromatic carbocycles. The predicted octanol–water partition coefficient (Wildman–Crippen LogP) is 3.55. The molecule has 5 nitrogen and oxygen atoms in total. The highest BCUT2D eigenvalue weighted by atomic mass is 16.2. The molecule has 0 radical (unpaired) electrons. The maximum atomic E-state index is 11.8. The largest absolute Gasteiger partial charge is 0.338 e. The second-order valence-electron chi connectivity index (χ2n) is 6.08. The van der Waals surface area contributed by atoms with Crippen LogP contribution in [-0.2, 0) is 6.54 Å². The first-order valence-electron chi connectivity index (χ1n) is 7.88. The van der Waals surface area contributed by atoms with Gasteiger partial charge in [-0.3, -0.25) is 4.68 Å². The summed E-state index contributed by atoms with van der Waals surface area (Å²) in [5, 5.41) is 9.95. The summed E-state index contributed by atoms with van der Waals surface area (Å²) >= 11 is 0. The molecule has 1 aliphatic carbocycles. The van der Waals surface area contributed by atoms with Gasteiger partial charge in [-0.25, -0.2) is 4.79 Å². The van der Waals surface area contributed by atoms with Crippen molar-refractivity contribution in [3.05, 3.63) is 24.0 Å². The molecule has 2 amide bonds. The fourth-order valence-electron chi connectivity index (χ4n) is 2.55. The molecule has 0 saturated carbocycles. The van der Waals surface area contributed by atoms with Crippen molar-refractivity contribution in [2.24, 2.45) is 5.92 Å². The van der Waals surface area contributed by atoms with Gasteiger partial charge in [-0.1, -0.05) is 25.5 Å². The van der Waals surface area contributed by atoms with E-state index in [-0.39, 0.29) is 6.03 Å². The van der Waals surface area contributed by atoms with Gasteiger partial charge in [-0.2, -0.15) is 5.10 Å². The average Bonchev–Trinajstić information content (AvgIpc) is 2.86. The highest BCUT2D eigenvalue weighted by molar-refractivity contribution is 5.88. The van der Waals surface area contributed by atoms with Gasteiger partial charge < -0.3 is 10.6 Å². The van der Waals surface area contributed by atoms with Crippen LogP contribution in [0.5, 0.6) is 0 Å². The van der Waals surface area contributed by atoms with Gasteiger partial charge in [0.2, 0.25) is 0 Å². The molecule has 2 N–H and O–H groups in total. The van der Waals surface area contributed by atoms with E-state index < -0.39 is 0 Å². The first kappa shape index (κ1) is 15.6. The Kier molecular flexibility index (Phi) is 5.84. The topological polar surface area (TPSA) is 59.0 Å². The predicted molar refractivity (Wildman–Crippen MR) is 85.3 cm³/mol. The van der Waals surface area contributed by atoms with E-state index in [0.29, 0.717) is 12.5 Å². The number of carbonyl (C=O) groups excluding carboxylic acids is 1. The van der Waals surface area contributed by atoms with Gasteiger partial charge in [0, 0.05) is 19.3 Å². The van der Waals surface area contributed by atoms with E-state index in [4.69, 9.17) is 0 Å². The summed E-state index contributed by atoms with van der Waals surface area (Å²) in [5.74, 6) is 0.537. The summed E-state index contributed by atoms with van der Waals surface area (Å²) in [7, 11) is 0.